The van der Waals surface area contributed by atoms with Crippen molar-refractivity contribution in [2.24, 2.45) is 11.3 Å². The topological polar surface area (TPSA) is 0 Å². The van der Waals surface area contributed by atoms with Crippen LogP contribution in [0.25, 0.3) is 0 Å². The third-order valence-corrected chi connectivity index (χ3v) is 2.15. The maximum Gasteiger partial charge on any atom is 0.0113 e. The highest BCUT2D eigenvalue weighted by Crippen LogP contribution is 2.52. The first kappa shape index (κ1) is 7.14. The fourth-order valence-corrected chi connectivity index (χ4v) is 1.22. The minimum absolute atomic E-state index is 0.538. The van der Waals surface area contributed by atoms with Crippen LogP contribution in [0.1, 0.15) is 27.2 Å². The molecule has 52 valence electrons. The van der Waals surface area contributed by atoms with Crippen molar-refractivity contribution >= 4 is 11.6 Å². The van der Waals surface area contributed by atoms with Crippen LogP contribution in [0.5, 0.6) is 0 Å². The van der Waals surface area contributed by atoms with Gasteiger partial charge < -0.3 is 0 Å². The highest BCUT2D eigenvalue weighted by molar-refractivity contribution is 6.29. The van der Waals surface area contributed by atoms with Gasteiger partial charge in [0.05, 0.1) is 0 Å². The smallest absolute Gasteiger partial charge is 0.0113 e. The van der Waals surface area contributed by atoms with Crippen LogP contribution in [0.2, 0.25) is 0 Å². The maximum absolute atomic E-state index is 5.70. The first-order valence-electron chi connectivity index (χ1n) is 3.36. The van der Waals surface area contributed by atoms with Gasteiger partial charge in [-0.05, 0) is 24.7 Å². The summed E-state index contributed by atoms with van der Waals surface area (Å²) in [5.41, 5.74) is 0.538. The molecule has 1 rings (SSSR count). The second kappa shape index (κ2) is 2.02. The second-order valence-electron chi connectivity index (χ2n) is 3.55. The van der Waals surface area contributed by atoms with Crippen molar-refractivity contribution in [3.8, 4) is 0 Å². The molecule has 0 spiro atoms. The van der Waals surface area contributed by atoms with E-state index in [4.69, 9.17) is 11.6 Å². The Hall–Kier alpha value is 0.0300. The van der Waals surface area contributed by atoms with Gasteiger partial charge in [0.2, 0.25) is 0 Å². The molecule has 0 radical (unpaired) electrons. The Balaban J connectivity index is 2.45. The number of hydrogen-bond acceptors (Lipinski definition) is 0. The van der Waals surface area contributed by atoms with Crippen molar-refractivity contribution in [1.29, 1.82) is 0 Å². The highest BCUT2D eigenvalue weighted by Gasteiger charge is 2.43. The molecule has 1 unspecified atom stereocenters. The first-order chi connectivity index (χ1) is 4.02. The van der Waals surface area contributed by atoms with Gasteiger partial charge in [-0.1, -0.05) is 31.5 Å². The van der Waals surface area contributed by atoms with Crippen LogP contribution in [0, 0.1) is 11.3 Å². The molecule has 0 bridgehead atoms. The van der Waals surface area contributed by atoms with E-state index in [2.05, 4.69) is 19.9 Å². The molecule has 0 aliphatic heterocycles. The van der Waals surface area contributed by atoms with Crippen LogP contribution in [0.3, 0.4) is 0 Å². The van der Waals surface area contributed by atoms with E-state index in [-0.39, 0.29) is 0 Å². The Morgan fingerprint density at radius 2 is 2.11 bits per heavy atom. The van der Waals surface area contributed by atoms with Crippen molar-refractivity contribution in [2.75, 3.05) is 0 Å². The Bertz CT molecular complexity index is 141. The van der Waals surface area contributed by atoms with E-state index >= 15 is 0 Å². The van der Waals surface area contributed by atoms with Gasteiger partial charge in [-0.2, -0.15) is 0 Å². The van der Waals surface area contributed by atoms with E-state index in [0.717, 1.165) is 11.0 Å². The third kappa shape index (κ3) is 1.72. The monoisotopic (exact) mass is 144 g/mol. The predicted octanol–water partition coefficient (Wildman–Crippen LogP) is 3.18. The van der Waals surface area contributed by atoms with Gasteiger partial charge >= 0.3 is 0 Å². The predicted molar refractivity (Wildman–Crippen MR) is 41.5 cm³/mol. The van der Waals surface area contributed by atoms with E-state index in [1.165, 1.54) is 6.42 Å². The summed E-state index contributed by atoms with van der Waals surface area (Å²) in [5, 5.41) is 0.936. The molecule has 0 aromatic rings. The summed E-state index contributed by atoms with van der Waals surface area (Å²) in [6.07, 6.45) is 3.46. The van der Waals surface area contributed by atoms with Crippen molar-refractivity contribution in [3.05, 3.63) is 11.1 Å². The van der Waals surface area contributed by atoms with Crippen molar-refractivity contribution in [3.63, 3.8) is 0 Å². The van der Waals surface area contributed by atoms with Crippen LogP contribution >= 0.6 is 11.6 Å². The molecule has 0 aromatic carbocycles. The SMILES string of the molecule is C/C(Cl)=C\C1CC1(C)C. The molecule has 0 amide bonds. The lowest BCUT2D eigenvalue weighted by Crippen LogP contribution is -1.85. The van der Waals surface area contributed by atoms with E-state index in [1.807, 2.05) is 6.92 Å². The molecule has 1 fully saturated rings. The Morgan fingerprint density at radius 1 is 1.67 bits per heavy atom. The van der Waals surface area contributed by atoms with Crippen molar-refractivity contribution < 1.29 is 0 Å². The summed E-state index contributed by atoms with van der Waals surface area (Å²) in [4.78, 5) is 0. The minimum atomic E-state index is 0.538. The molecule has 1 saturated carbocycles. The van der Waals surface area contributed by atoms with Gasteiger partial charge in [-0.15, -0.1) is 0 Å². The van der Waals surface area contributed by atoms with Crippen LogP contribution in [0.15, 0.2) is 11.1 Å². The Morgan fingerprint density at radius 3 is 2.22 bits per heavy atom. The van der Waals surface area contributed by atoms with Crippen LogP contribution < -0.4 is 0 Å². The van der Waals surface area contributed by atoms with Gasteiger partial charge in [0.1, 0.15) is 0 Å². The second-order valence-corrected chi connectivity index (χ2v) is 4.15. The fraction of sp³-hybridized carbons (Fsp3) is 0.750. The molecule has 0 aromatic heterocycles. The molecule has 1 heteroatoms. The van der Waals surface area contributed by atoms with Crippen LogP contribution in [-0.4, -0.2) is 0 Å². The lowest BCUT2D eigenvalue weighted by atomic mass is 10.1. The molecule has 9 heavy (non-hydrogen) atoms. The molecule has 0 saturated heterocycles. The minimum Gasteiger partial charge on any atom is -0.0898 e. The van der Waals surface area contributed by atoms with Gasteiger partial charge in [-0.25, -0.2) is 0 Å². The van der Waals surface area contributed by atoms with E-state index < -0.39 is 0 Å². The zero-order valence-electron chi connectivity index (χ0n) is 6.24. The van der Waals surface area contributed by atoms with E-state index in [1.54, 1.807) is 0 Å². The third-order valence-electron chi connectivity index (χ3n) is 2.02. The van der Waals surface area contributed by atoms with Gasteiger partial charge in [0.15, 0.2) is 0 Å². The zero-order valence-corrected chi connectivity index (χ0v) is 7.00. The summed E-state index contributed by atoms with van der Waals surface area (Å²) in [6, 6.07) is 0. The first-order valence-corrected chi connectivity index (χ1v) is 3.74. The number of hydrogen-bond donors (Lipinski definition) is 0. The summed E-state index contributed by atoms with van der Waals surface area (Å²) in [5.74, 6) is 0.745. The zero-order chi connectivity index (χ0) is 7.07. The molecule has 1 aliphatic carbocycles. The van der Waals surface area contributed by atoms with E-state index in [9.17, 15) is 0 Å². The quantitative estimate of drug-likeness (QED) is 0.531. The van der Waals surface area contributed by atoms with E-state index in [0.29, 0.717) is 5.41 Å². The lowest BCUT2D eigenvalue weighted by Gasteiger charge is -1.95. The summed E-state index contributed by atoms with van der Waals surface area (Å²) < 4.78 is 0. The fourth-order valence-electron chi connectivity index (χ4n) is 1.07. The van der Waals surface area contributed by atoms with Gasteiger partial charge in [0, 0.05) is 5.03 Å². The maximum atomic E-state index is 5.70. The van der Waals surface area contributed by atoms with Gasteiger partial charge in [0.25, 0.3) is 0 Å². The molecular weight excluding hydrogens is 132 g/mol. The lowest BCUT2D eigenvalue weighted by molar-refractivity contribution is 0.609. The average Bonchev–Trinajstić information content (AvgIpc) is 2.10. The molecule has 0 heterocycles. The highest BCUT2D eigenvalue weighted by atomic mass is 35.5. The summed E-state index contributed by atoms with van der Waals surface area (Å²) >= 11 is 5.70. The van der Waals surface area contributed by atoms with Crippen LogP contribution in [0.4, 0.5) is 0 Å². The van der Waals surface area contributed by atoms with Crippen LogP contribution in [-0.2, 0) is 0 Å². The normalized spacial score (nSPS) is 32.4. The summed E-state index contributed by atoms with van der Waals surface area (Å²) in [7, 11) is 0. The molecular formula is C8H13Cl. The summed E-state index contributed by atoms with van der Waals surface area (Å²) in [6.45, 7) is 6.48. The Kier molecular flexibility index (Phi) is 1.60. The average molecular weight is 145 g/mol. The Labute approximate surface area is 61.9 Å². The van der Waals surface area contributed by atoms with Crippen molar-refractivity contribution in [2.45, 2.75) is 27.2 Å². The molecule has 1 aliphatic rings. The number of rotatable bonds is 1. The largest absolute Gasteiger partial charge is 0.0898 e. The number of halogens is 1. The van der Waals surface area contributed by atoms with Crippen molar-refractivity contribution in [1.82, 2.24) is 0 Å². The molecule has 0 nitrogen and oxygen atoms in total. The molecule has 1 atom stereocenters. The standard InChI is InChI=1S/C8H13Cl/c1-6(9)4-7-5-8(7,2)3/h4,7H,5H2,1-3H3/b6-4+. The molecule has 0 N–H and O–H groups in total. The number of allylic oxidation sites excluding steroid dienone is 2. The van der Waals surface area contributed by atoms with Gasteiger partial charge in [-0.3, -0.25) is 0 Å².